The molecule has 1 atom stereocenters. The molecule has 0 amide bonds. The van der Waals surface area contributed by atoms with Gasteiger partial charge in [0, 0.05) is 5.41 Å². The van der Waals surface area contributed by atoms with Gasteiger partial charge in [0.2, 0.25) is 11.6 Å². The molecule has 0 aliphatic heterocycles. The molecule has 0 aromatic heterocycles. The summed E-state index contributed by atoms with van der Waals surface area (Å²) in [6, 6.07) is 0. The van der Waals surface area contributed by atoms with Crippen molar-refractivity contribution in [1.29, 1.82) is 0 Å². The number of carbonyl (C=O) groups excluding carboxylic acids is 2. The number of aliphatic hydroxyl groups is 1. The maximum absolute atomic E-state index is 11.4. The van der Waals surface area contributed by atoms with Crippen LogP contribution in [0.5, 0.6) is 0 Å². The van der Waals surface area contributed by atoms with Crippen LogP contribution in [0.2, 0.25) is 0 Å². The van der Waals surface area contributed by atoms with E-state index in [1.807, 2.05) is 13.8 Å². The first kappa shape index (κ1) is 10.4. The third kappa shape index (κ3) is 1.53. The van der Waals surface area contributed by atoms with Gasteiger partial charge < -0.3 is 5.11 Å². The van der Waals surface area contributed by atoms with E-state index >= 15 is 0 Å². The zero-order valence-electron chi connectivity index (χ0n) is 8.55. The zero-order chi connectivity index (χ0) is 10.4. The van der Waals surface area contributed by atoms with Gasteiger partial charge in [0.05, 0.1) is 0 Å². The van der Waals surface area contributed by atoms with Gasteiger partial charge in [-0.05, 0) is 11.8 Å². The molecule has 1 N–H and O–H groups in total. The van der Waals surface area contributed by atoms with Crippen molar-refractivity contribution >= 4 is 11.6 Å². The Hall–Kier alpha value is -0.700. The Labute approximate surface area is 78.1 Å². The maximum atomic E-state index is 11.4. The molecule has 0 aromatic carbocycles. The van der Waals surface area contributed by atoms with E-state index in [2.05, 4.69) is 0 Å². The number of carbonyl (C=O) groups is 2. The van der Waals surface area contributed by atoms with Crippen LogP contribution in [-0.2, 0) is 9.59 Å². The molecular formula is C10H16O3. The van der Waals surface area contributed by atoms with Crippen LogP contribution in [-0.4, -0.2) is 22.8 Å². The van der Waals surface area contributed by atoms with Crippen molar-refractivity contribution in [3.8, 4) is 0 Å². The number of ketones is 2. The van der Waals surface area contributed by atoms with E-state index in [1.165, 1.54) is 0 Å². The number of hydrogen-bond donors (Lipinski definition) is 1. The fraction of sp³-hybridized carbons (Fsp3) is 0.800. The summed E-state index contributed by atoms with van der Waals surface area (Å²) in [7, 11) is 0. The van der Waals surface area contributed by atoms with Crippen molar-refractivity contribution in [1.82, 2.24) is 0 Å². The van der Waals surface area contributed by atoms with Crippen LogP contribution in [0, 0.1) is 10.8 Å². The fourth-order valence-corrected chi connectivity index (χ4v) is 2.13. The fourth-order valence-electron chi connectivity index (χ4n) is 2.13. The predicted octanol–water partition coefficient (Wildman–Crippen LogP) is 0.942. The first-order valence-corrected chi connectivity index (χ1v) is 4.45. The molecule has 3 nitrogen and oxygen atoms in total. The summed E-state index contributed by atoms with van der Waals surface area (Å²) in [6.07, 6.45) is -0.584. The summed E-state index contributed by atoms with van der Waals surface area (Å²) in [5.41, 5.74) is -1.12. The van der Waals surface area contributed by atoms with E-state index in [9.17, 15) is 14.7 Å². The van der Waals surface area contributed by atoms with Crippen LogP contribution in [0.3, 0.4) is 0 Å². The summed E-state index contributed by atoms with van der Waals surface area (Å²) in [6.45, 7) is 7.12. The second kappa shape index (κ2) is 2.64. The first-order chi connectivity index (χ1) is 5.68. The van der Waals surface area contributed by atoms with Gasteiger partial charge in [-0.3, -0.25) is 9.59 Å². The quantitative estimate of drug-likeness (QED) is 0.570. The average molecular weight is 184 g/mol. The molecule has 1 saturated carbocycles. The third-order valence-corrected chi connectivity index (χ3v) is 2.72. The van der Waals surface area contributed by atoms with E-state index < -0.39 is 28.5 Å². The molecule has 0 saturated heterocycles. The van der Waals surface area contributed by atoms with Gasteiger partial charge in [0.1, 0.15) is 6.10 Å². The second-order valence-corrected chi connectivity index (χ2v) is 5.15. The van der Waals surface area contributed by atoms with Crippen LogP contribution in [0.15, 0.2) is 0 Å². The average Bonchev–Trinajstić information content (AvgIpc) is 1.96. The van der Waals surface area contributed by atoms with E-state index in [4.69, 9.17) is 0 Å². The van der Waals surface area contributed by atoms with Gasteiger partial charge in [-0.25, -0.2) is 0 Å². The molecule has 1 aliphatic rings. The topological polar surface area (TPSA) is 54.4 Å². The van der Waals surface area contributed by atoms with Crippen LogP contribution >= 0.6 is 0 Å². The molecule has 1 aliphatic carbocycles. The predicted molar refractivity (Wildman–Crippen MR) is 48.2 cm³/mol. The summed E-state index contributed by atoms with van der Waals surface area (Å²) in [5.74, 6) is -1.08. The van der Waals surface area contributed by atoms with Gasteiger partial charge in [0.25, 0.3) is 0 Å². The molecule has 13 heavy (non-hydrogen) atoms. The molecule has 0 spiro atoms. The molecule has 0 heterocycles. The Morgan fingerprint density at radius 3 is 2.15 bits per heavy atom. The number of rotatable bonds is 0. The molecular weight excluding hydrogens is 168 g/mol. The standard InChI is InChI=1S/C10H16O3/c1-9(2)5-10(3,4)8(13)6(11)7(9)12/h7,12H,5H2,1-4H3. The van der Waals surface area contributed by atoms with E-state index in [1.54, 1.807) is 13.8 Å². The normalized spacial score (nSPS) is 31.9. The molecule has 1 fully saturated rings. The molecule has 0 bridgehead atoms. The highest BCUT2D eigenvalue weighted by molar-refractivity contribution is 6.41. The first-order valence-electron chi connectivity index (χ1n) is 4.45. The summed E-state index contributed by atoms with van der Waals surface area (Å²) in [5, 5.41) is 9.54. The van der Waals surface area contributed by atoms with Gasteiger partial charge >= 0.3 is 0 Å². The van der Waals surface area contributed by atoms with Crippen LogP contribution in [0.4, 0.5) is 0 Å². The lowest BCUT2D eigenvalue weighted by Crippen LogP contribution is -2.53. The molecule has 0 aromatic rings. The lowest BCUT2D eigenvalue weighted by atomic mass is 9.62. The Morgan fingerprint density at radius 2 is 1.69 bits per heavy atom. The third-order valence-electron chi connectivity index (χ3n) is 2.72. The summed E-state index contributed by atoms with van der Waals surface area (Å²) in [4.78, 5) is 22.8. The van der Waals surface area contributed by atoms with E-state index in [0.717, 1.165) is 0 Å². The van der Waals surface area contributed by atoms with Gasteiger partial charge in [-0.1, -0.05) is 27.7 Å². The zero-order valence-corrected chi connectivity index (χ0v) is 8.55. The lowest BCUT2D eigenvalue weighted by Gasteiger charge is -2.41. The maximum Gasteiger partial charge on any atom is 0.227 e. The largest absolute Gasteiger partial charge is 0.384 e. The summed E-state index contributed by atoms with van der Waals surface area (Å²) >= 11 is 0. The molecule has 1 rings (SSSR count). The van der Waals surface area contributed by atoms with E-state index in [0.29, 0.717) is 6.42 Å². The van der Waals surface area contributed by atoms with Gasteiger partial charge in [-0.15, -0.1) is 0 Å². The minimum atomic E-state index is -1.13. The van der Waals surface area contributed by atoms with Crippen molar-refractivity contribution < 1.29 is 14.7 Å². The second-order valence-electron chi connectivity index (χ2n) is 5.15. The minimum absolute atomic E-state index is 0.445. The highest BCUT2D eigenvalue weighted by atomic mass is 16.3. The van der Waals surface area contributed by atoms with Crippen molar-refractivity contribution in [2.45, 2.75) is 40.2 Å². The Balaban J connectivity index is 3.07. The highest BCUT2D eigenvalue weighted by Gasteiger charge is 2.50. The molecule has 74 valence electrons. The van der Waals surface area contributed by atoms with Gasteiger partial charge in [-0.2, -0.15) is 0 Å². The van der Waals surface area contributed by atoms with Crippen LogP contribution in [0.1, 0.15) is 34.1 Å². The smallest absolute Gasteiger partial charge is 0.227 e. The minimum Gasteiger partial charge on any atom is -0.384 e. The Bertz CT molecular complexity index is 263. The van der Waals surface area contributed by atoms with Crippen molar-refractivity contribution in [2.75, 3.05) is 0 Å². The molecule has 1 unspecified atom stereocenters. The van der Waals surface area contributed by atoms with Crippen molar-refractivity contribution in [3.63, 3.8) is 0 Å². The van der Waals surface area contributed by atoms with Crippen molar-refractivity contribution in [3.05, 3.63) is 0 Å². The van der Waals surface area contributed by atoms with Crippen LogP contribution < -0.4 is 0 Å². The number of hydrogen-bond acceptors (Lipinski definition) is 3. The molecule has 3 heteroatoms. The Morgan fingerprint density at radius 1 is 1.23 bits per heavy atom. The van der Waals surface area contributed by atoms with Crippen LogP contribution in [0.25, 0.3) is 0 Å². The van der Waals surface area contributed by atoms with E-state index in [-0.39, 0.29) is 0 Å². The van der Waals surface area contributed by atoms with Gasteiger partial charge in [0.15, 0.2) is 0 Å². The SMILES string of the molecule is CC1(C)CC(C)(C)C(O)C(=O)C1=O. The highest BCUT2D eigenvalue weighted by Crippen LogP contribution is 2.42. The number of Topliss-reactive ketones (excluding diaryl/α,β-unsaturated/α-hetero) is 2. The monoisotopic (exact) mass is 184 g/mol. The summed E-state index contributed by atoms with van der Waals surface area (Å²) < 4.78 is 0. The Kier molecular flexibility index (Phi) is 2.11. The lowest BCUT2D eigenvalue weighted by molar-refractivity contribution is -0.158. The number of aliphatic hydroxyl groups excluding tert-OH is 1. The molecule has 0 radical (unpaired) electrons. The van der Waals surface area contributed by atoms with Crippen molar-refractivity contribution in [2.24, 2.45) is 10.8 Å².